The van der Waals surface area contributed by atoms with Crippen molar-refractivity contribution in [3.8, 4) is 11.5 Å². The first-order valence-electron chi connectivity index (χ1n) is 7.19. The maximum atomic E-state index is 8.98. The van der Waals surface area contributed by atoms with Crippen LogP contribution in [-0.2, 0) is 13.2 Å². The van der Waals surface area contributed by atoms with Crippen molar-refractivity contribution in [1.82, 2.24) is 9.97 Å². The zero-order valence-electron chi connectivity index (χ0n) is 12.6. The SMILES string of the molecule is Cl.OCc1ncccc1O.OCc1ncccc1OC1CCC1. The quantitative estimate of drug-likeness (QED) is 0.789. The Morgan fingerprint density at radius 1 is 1.00 bits per heavy atom. The molecule has 0 atom stereocenters. The van der Waals surface area contributed by atoms with Crippen molar-refractivity contribution in [3.05, 3.63) is 48.0 Å². The van der Waals surface area contributed by atoms with Gasteiger partial charge in [0.25, 0.3) is 0 Å². The van der Waals surface area contributed by atoms with E-state index < -0.39 is 0 Å². The predicted molar refractivity (Wildman–Crippen MR) is 87.5 cm³/mol. The summed E-state index contributed by atoms with van der Waals surface area (Å²) in [7, 11) is 0. The Kier molecular flexibility index (Phi) is 8.32. The molecule has 0 aromatic carbocycles. The molecule has 6 nitrogen and oxygen atoms in total. The average molecular weight is 341 g/mol. The molecule has 1 saturated carbocycles. The molecule has 2 aromatic heterocycles. The largest absolute Gasteiger partial charge is 0.506 e. The maximum absolute atomic E-state index is 8.98. The van der Waals surface area contributed by atoms with Crippen molar-refractivity contribution in [1.29, 1.82) is 0 Å². The molecule has 0 unspecified atom stereocenters. The highest BCUT2D eigenvalue weighted by atomic mass is 35.5. The lowest BCUT2D eigenvalue weighted by molar-refractivity contribution is 0.115. The maximum Gasteiger partial charge on any atom is 0.143 e. The fourth-order valence-electron chi connectivity index (χ4n) is 1.87. The first-order valence-corrected chi connectivity index (χ1v) is 7.19. The zero-order chi connectivity index (χ0) is 15.8. The van der Waals surface area contributed by atoms with Gasteiger partial charge in [0.1, 0.15) is 22.9 Å². The number of aromatic hydroxyl groups is 1. The number of halogens is 1. The fraction of sp³-hybridized carbons (Fsp3) is 0.375. The molecule has 0 amide bonds. The third kappa shape index (κ3) is 5.67. The Balaban J connectivity index is 0.000000235. The lowest BCUT2D eigenvalue weighted by Crippen LogP contribution is -2.25. The Morgan fingerprint density at radius 2 is 1.61 bits per heavy atom. The van der Waals surface area contributed by atoms with Gasteiger partial charge in [-0.05, 0) is 43.5 Å². The smallest absolute Gasteiger partial charge is 0.143 e. The Bertz CT molecular complexity index is 594. The number of nitrogens with zero attached hydrogens (tertiary/aromatic N) is 2. The van der Waals surface area contributed by atoms with Gasteiger partial charge in [-0.1, -0.05) is 0 Å². The summed E-state index contributed by atoms with van der Waals surface area (Å²) in [6.45, 7) is -0.268. The Labute approximate surface area is 141 Å². The van der Waals surface area contributed by atoms with E-state index in [1.54, 1.807) is 12.3 Å². The molecule has 23 heavy (non-hydrogen) atoms. The van der Waals surface area contributed by atoms with E-state index in [1.165, 1.54) is 18.7 Å². The van der Waals surface area contributed by atoms with Gasteiger partial charge in [-0.3, -0.25) is 9.97 Å². The molecule has 3 N–H and O–H groups in total. The van der Waals surface area contributed by atoms with E-state index in [2.05, 4.69) is 9.97 Å². The van der Waals surface area contributed by atoms with Gasteiger partial charge < -0.3 is 20.1 Å². The standard InChI is InChI=1S/C10H13NO2.C6H7NO2.ClH/c12-7-9-10(5-2-6-11-9)13-8-3-1-4-8;8-4-5-6(9)2-1-3-7-5;/h2,5-6,8,12H,1,3-4,7H2;1-3,8-9H,4H2;1H. The van der Waals surface area contributed by atoms with Crippen LogP contribution in [0.4, 0.5) is 0 Å². The molecule has 1 aliphatic carbocycles. The van der Waals surface area contributed by atoms with Crippen molar-refractivity contribution in [2.45, 2.75) is 38.6 Å². The minimum atomic E-state index is -0.216. The fourth-order valence-corrected chi connectivity index (χ4v) is 1.87. The number of rotatable bonds is 4. The van der Waals surface area contributed by atoms with E-state index in [0.717, 1.165) is 18.6 Å². The lowest BCUT2D eigenvalue weighted by Gasteiger charge is -2.26. The van der Waals surface area contributed by atoms with Gasteiger partial charge in [-0.15, -0.1) is 12.4 Å². The minimum absolute atomic E-state index is 0. The van der Waals surface area contributed by atoms with Crippen LogP contribution in [0, 0.1) is 0 Å². The third-order valence-corrected chi connectivity index (χ3v) is 3.36. The molecule has 2 heterocycles. The highest BCUT2D eigenvalue weighted by Gasteiger charge is 2.20. The molecule has 0 saturated heterocycles. The van der Waals surface area contributed by atoms with E-state index >= 15 is 0 Å². The molecule has 126 valence electrons. The van der Waals surface area contributed by atoms with E-state index in [0.29, 0.717) is 17.5 Å². The predicted octanol–water partition coefficient (Wildman–Crippen LogP) is 2.21. The summed E-state index contributed by atoms with van der Waals surface area (Å²) in [5, 5.41) is 26.4. The lowest BCUT2D eigenvalue weighted by atomic mass is 9.96. The molecule has 0 spiro atoms. The van der Waals surface area contributed by atoms with E-state index in [1.807, 2.05) is 12.1 Å². The number of hydrogen-bond donors (Lipinski definition) is 3. The normalized spacial score (nSPS) is 13.1. The zero-order valence-corrected chi connectivity index (χ0v) is 13.4. The molecular weight excluding hydrogens is 320 g/mol. The molecule has 0 bridgehead atoms. The number of ether oxygens (including phenoxy) is 1. The third-order valence-electron chi connectivity index (χ3n) is 3.36. The second-order valence-electron chi connectivity index (χ2n) is 4.90. The summed E-state index contributed by atoms with van der Waals surface area (Å²) in [6, 6.07) is 6.77. The van der Waals surface area contributed by atoms with E-state index in [4.69, 9.17) is 20.1 Å². The summed E-state index contributed by atoms with van der Waals surface area (Å²) < 4.78 is 5.65. The van der Waals surface area contributed by atoms with Crippen LogP contribution < -0.4 is 4.74 Å². The monoisotopic (exact) mass is 340 g/mol. The Morgan fingerprint density at radius 3 is 2.09 bits per heavy atom. The molecule has 1 aliphatic rings. The summed E-state index contributed by atoms with van der Waals surface area (Å²) in [5.74, 6) is 0.773. The number of aliphatic hydroxyl groups is 2. The van der Waals surface area contributed by atoms with Crippen LogP contribution in [0.25, 0.3) is 0 Å². The van der Waals surface area contributed by atoms with Gasteiger partial charge in [0.15, 0.2) is 0 Å². The van der Waals surface area contributed by atoms with Crippen LogP contribution in [-0.4, -0.2) is 31.4 Å². The van der Waals surface area contributed by atoms with E-state index in [9.17, 15) is 0 Å². The number of hydrogen-bond acceptors (Lipinski definition) is 6. The van der Waals surface area contributed by atoms with Crippen molar-refractivity contribution >= 4 is 12.4 Å². The first kappa shape index (κ1) is 19.2. The molecule has 1 fully saturated rings. The van der Waals surface area contributed by atoms with Crippen LogP contribution in [0.15, 0.2) is 36.7 Å². The van der Waals surface area contributed by atoms with Gasteiger partial charge in [0.2, 0.25) is 0 Å². The van der Waals surface area contributed by atoms with Crippen LogP contribution in [0.1, 0.15) is 30.7 Å². The minimum Gasteiger partial charge on any atom is -0.506 e. The molecular formula is C16H21ClN2O4. The van der Waals surface area contributed by atoms with Crippen molar-refractivity contribution < 1.29 is 20.1 Å². The summed E-state index contributed by atoms with van der Waals surface area (Å²) in [5.41, 5.74) is 0.951. The van der Waals surface area contributed by atoms with Gasteiger partial charge in [0.05, 0.1) is 19.3 Å². The molecule has 2 aromatic rings. The van der Waals surface area contributed by atoms with Gasteiger partial charge in [-0.2, -0.15) is 0 Å². The van der Waals surface area contributed by atoms with Crippen LogP contribution >= 0.6 is 12.4 Å². The molecule has 3 rings (SSSR count). The number of aliphatic hydroxyl groups excluding tert-OH is 2. The van der Waals surface area contributed by atoms with Gasteiger partial charge >= 0.3 is 0 Å². The summed E-state index contributed by atoms with van der Waals surface area (Å²) >= 11 is 0. The van der Waals surface area contributed by atoms with Crippen molar-refractivity contribution in [2.75, 3.05) is 0 Å². The Hall–Kier alpha value is -1.89. The van der Waals surface area contributed by atoms with Crippen molar-refractivity contribution in [3.63, 3.8) is 0 Å². The van der Waals surface area contributed by atoms with Crippen LogP contribution in [0.2, 0.25) is 0 Å². The molecule has 0 aliphatic heterocycles. The van der Waals surface area contributed by atoms with Crippen molar-refractivity contribution in [2.24, 2.45) is 0 Å². The summed E-state index contributed by atoms with van der Waals surface area (Å²) in [6.07, 6.45) is 7.03. The second kappa shape index (κ2) is 9.99. The number of pyridine rings is 2. The topological polar surface area (TPSA) is 95.7 Å². The highest BCUT2D eigenvalue weighted by Crippen LogP contribution is 2.26. The first-order chi connectivity index (χ1) is 10.7. The van der Waals surface area contributed by atoms with Gasteiger partial charge in [0, 0.05) is 12.4 Å². The average Bonchev–Trinajstić information content (AvgIpc) is 2.52. The highest BCUT2D eigenvalue weighted by molar-refractivity contribution is 5.85. The van der Waals surface area contributed by atoms with Crippen LogP contribution in [0.3, 0.4) is 0 Å². The summed E-state index contributed by atoms with van der Waals surface area (Å²) in [4.78, 5) is 7.73. The molecule has 0 radical (unpaired) electrons. The molecule has 7 heteroatoms. The van der Waals surface area contributed by atoms with Crippen LogP contribution in [0.5, 0.6) is 11.5 Å². The van der Waals surface area contributed by atoms with E-state index in [-0.39, 0.29) is 31.4 Å². The second-order valence-corrected chi connectivity index (χ2v) is 4.90. The van der Waals surface area contributed by atoms with Gasteiger partial charge in [-0.25, -0.2) is 0 Å². The number of aromatic nitrogens is 2.